The molecule has 1 aliphatic rings. The molecular formula is C17H23FN4. The molecule has 1 aromatic carbocycles. The van der Waals surface area contributed by atoms with Gasteiger partial charge >= 0.3 is 0 Å². The molecule has 1 aromatic heterocycles. The van der Waals surface area contributed by atoms with Gasteiger partial charge in [0.1, 0.15) is 17.5 Å². The fourth-order valence-corrected chi connectivity index (χ4v) is 2.99. The molecular weight excluding hydrogens is 279 g/mol. The van der Waals surface area contributed by atoms with Crippen molar-refractivity contribution in [3.63, 3.8) is 0 Å². The van der Waals surface area contributed by atoms with Crippen LogP contribution in [0.4, 0.5) is 4.39 Å². The largest absolute Gasteiger partial charge is 0.314 e. The summed E-state index contributed by atoms with van der Waals surface area (Å²) < 4.78 is 15.2. The predicted molar refractivity (Wildman–Crippen MR) is 84.1 cm³/mol. The molecule has 2 heterocycles. The van der Waals surface area contributed by atoms with Crippen LogP contribution in [0.1, 0.15) is 49.3 Å². The van der Waals surface area contributed by atoms with Crippen LogP contribution >= 0.6 is 0 Å². The summed E-state index contributed by atoms with van der Waals surface area (Å²) in [5, 5.41) is 12.1. The predicted octanol–water partition coefficient (Wildman–Crippen LogP) is 3.04. The van der Waals surface area contributed by atoms with Crippen molar-refractivity contribution in [2.24, 2.45) is 0 Å². The van der Waals surface area contributed by atoms with Crippen molar-refractivity contribution in [2.75, 3.05) is 6.54 Å². The van der Waals surface area contributed by atoms with Crippen LogP contribution in [0.3, 0.4) is 0 Å². The molecule has 2 aromatic rings. The van der Waals surface area contributed by atoms with E-state index in [2.05, 4.69) is 27.0 Å². The van der Waals surface area contributed by atoms with Gasteiger partial charge in [0.05, 0.1) is 6.54 Å². The van der Waals surface area contributed by atoms with E-state index in [0.29, 0.717) is 5.92 Å². The molecule has 0 aliphatic carbocycles. The molecule has 1 unspecified atom stereocenters. The van der Waals surface area contributed by atoms with Crippen molar-refractivity contribution >= 4 is 0 Å². The molecule has 1 N–H and O–H groups in total. The second-order valence-electron chi connectivity index (χ2n) is 6.08. The Kier molecular flexibility index (Phi) is 4.83. The molecule has 0 amide bonds. The van der Waals surface area contributed by atoms with E-state index in [9.17, 15) is 4.39 Å². The highest BCUT2D eigenvalue weighted by Gasteiger charge is 2.14. The van der Waals surface area contributed by atoms with Crippen LogP contribution in [-0.2, 0) is 19.5 Å². The Morgan fingerprint density at radius 2 is 2.00 bits per heavy atom. The molecule has 1 atom stereocenters. The number of rotatable bonds is 5. The maximum atomic E-state index is 12.9. The molecule has 0 saturated heterocycles. The third-order valence-corrected chi connectivity index (χ3v) is 4.36. The van der Waals surface area contributed by atoms with Gasteiger partial charge in [0.25, 0.3) is 0 Å². The van der Waals surface area contributed by atoms with Crippen LogP contribution in [-0.4, -0.2) is 21.3 Å². The lowest BCUT2D eigenvalue weighted by atomic mass is 10.0. The van der Waals surface area contributed by atoms with Gasteiger partial charge in [0, 0.05) is 19.5 Å². The molecule has 0 saturated carbocycles. The first-order valence-electron chi connectivity index (χ1n) is 8.11. The quantitative estimate of drug-likeness (QED) is 0.923. The van der Waals surface area contributed by atoms with Gasteiger partial charge in [-0.25, -0.2) is 4.39 Å². The molecule has 0 bridgehead atoms. The fourth-order valence-electron chi connectivity index (χ4n) is 2.99. The van der Waals surface area contributed by atoms with Crippen molar-refractivity contribution in [1.29, 1.82) is 0 Å². The molecule has 5 heteroatoms. The summed E-state index contributed by atoms with van der Waals surface area (Å²) >= 11 is 0. The van der Waals surface area contributed by atoms with Gasteiger partial charge in [-0.1, -0.05) is 25.5 Å². The van der Waals surface area contributed by atoms with Gasteiger partial charge in [0.15, 0.2) is 0 Å². The van der Waals surface area contributed by atoms with Crippen LogP contribution in [0, 0.1) is 5.82 Å². The summed E-state index contributed by atoms with van der Waals surface area (Å²) in [6.45, 7) is 4.75. The van der Waals surface area contributed by atoms with E-state index in [1.54, 1.807) is 0 Å². The number of fused-ring (bicyclic) bond motifs is 1. The smallest absolute Gasteiger partial charge is 0.147 e. The lowest BCUT2D eigenvalue weighted by Gasteiger charge is -2.13. The number of nitrogens with one attached hydrogen (secondary N) is 1. The summed E-state index contributed by atoms with van der Waals surface area (Å²) in [7, 11) is 0. The maximum absolute atomic E-state index is 12.9. The average Bonchev–Trinajstić information content (AvgIpc) is 2.76. The second-order valence-corrected chi connectivity index (χ2v) is 6.08. The van der Waals surface area contributed by atoms with Gasteiger partial charge in [-0.15, -0.1) is 10.2 Å². The van der Waals surface area contributed by atoms with E-state index in [0.717, 1.165) is 43.3 Å². The van der Waals surface area contributed by atoms with Crippen LogP contribution in [0.5, 0.6) is 0 Å². The number of halogens is 1. The number of hydrogen-bond donors (Lipinski definition) is 1. The number of aryl methyl sites for hydroxylation is 1. The van der Waals surface area contributed by atoms with Crippen molar-refractivity contribution < 1.29 is 4.39 Å². The molecule has 0 fully saturated rings. The van der Waals surface area contributed by atoms with Crippen molar-refractivity contribution in [1.82, 2.24) is 20.1 Å². The lowest BCUT2D eigenvalue weighted by Crippen LogP contribution is -2.22. The Morgan fingerprint density at radius 1 is 1.18 bits per heavy atom. The molecule has 1 aliphatic heterocycles. The van der Waals surface area contributed by atoms with E-state index in [4.69, 9.17) is 0 Å². The Bertz CT molecular complexity index is 606. The minimum absolute atomic E-state index is 0.185. The van der Waals surface area contributed by atoms with Gasteiger partial charge in [0.2, 0.25) is 0 Å². The van der Waals surface area contributed by atoms with Gasteiger partial charge in [-0.05, 0) is 36.5 Å². The Labute approximate surface area is 130 Å². The van der Waals surface area contributed by atoms with Crippen LogP contribution in [0.2, 0.25) is 0 Å². The van der Waals surface area contributed by atoms with Crippen LogP contribution < -0.4 is 5.32 Å². The monoisotopic (exact) mass is 302 g/mol. The normalized spacial score (nSPS) is 16.1. The molecule has 118 valence electrons. The first kappa shape index (κ1) is 15.2. The highest BCUT2D eigenvalue weighted by Crippen LogP contribution is 2.16. The van der Waals surface area contributed by atoms with Gasteiger partial charge < -0.3 is 9.88 Å². The zero-order chi connectivity index (χ0) is 15.4. The van der Waals surface area contributed by atoms with Gasteiger partial charge in [-0.2, -0.15) is 0 Å². The SMILES string of the molecule is CC(CNCc1nnc2n1CCCCC2)c1ccc(F)cc1. The van der Waals surface area contributed by atoms with Crippen molar-refractivity contribution in [3.8, 4) is 0 Å². The molecule has 0 spiro atoms. The van der Waals surface area contributed by atoms with Gasteiger partial charge in [-0.3, -0.25) is 0 Å². The zero-order valence-corrected chi connectivity index (χ0v) is 13.1. The fraction of sp³-hybridized carbons (Fsp3) is 0.529. The minimum Gasteiger partial charge on any atom is -0.314 e. The highest BCUT2D eigenvalue weighted by molar-refractivity contribution is 5.20. The summed E-state index contributed by atoms with van der Waals surface area (Å²) in [6, 6.07) is 6.74. The summed E-state index contributed by atoms with van der Waals surface area (Å²) in [5.74, 6) is 2.31. The van der Waals surface area contributed by atoms with E-state index in [1.165, 1.54) is 31.4 Å². The Hall–Kier alpha value is -1.75. The van der Waals surface area contributed by atoms with E-state index in [-0.39, 0.29) is 5.82 Å². The third kappa shape index (κ3) is 3.53. The second kappa shape index (κ2) is 7.01. The number of hydrogen-bond acceptors (Lipinski definition) is 3. The van der Waals surface area contributed by atoms with Crippen molar-refractivity contribution in [2.45, 2.75) is 51.6 Å². The zero-order valence-electron chi connectivity index (χ0n) is 13.1. The van der Waals surface area contributed by atoms with Crippen LogP contribution in [0.25, 0.3) is 0 Å². The summed E-state index contributed by atoms with van der Waals surface area (Å²) in [4.78, 5) is 0. The topological polar surface area (TPSA) is 42.7 Å². The number of nitrogens with zero attached hydrogens (tertiary/aromatic N) is 3. The Morgan fingerprint density at radius 3 is 2.82 bits per heavy atom. The Balaban J connectivity index is 1.55. The standard InChI is InChI=1S/C17H23FN4/c1-13(14-6-8-15(18)9-7-14)11-19-12-17-21-20-16-5-3-2-4-10-22(16)17/h6-9,13,19H,2-5,10-12H2,1H3. The molecule has 4 nitrogen and oxygen atoms in total. The first-order chi connectivity index (χ1) is 10.7. The summed E-state index contributed by atoms with van der Waals surface area (Å²) in [6.07, 6.45) is 4.74. The average molecular weight is 302 g/mol. The van der Waals surface area contributed by atoms with Crippen LogP contribution in [0.15, 0.2) is 24.3 Å². The summed E-state index contributed by atoms with van der Waals surface area (Å²) in [5.41, 5.74) is 1.15. The number of aromatic nitrogens is 3. The highest BCUT2D eigenvalue weighted by atomic mass is 19.1. The lowest BCUT2D eigenvalue weighted by molar-refractivity contribution is 0.553. The maximum Gasteiger partial charge on any atom is 0.147 e. The van der Waals surface area contributed by atoms with E-state index >= 15 is 0 Å². The molecule has 0 radical (unpaired) electrons. The number of benzene rings is 1. The van der Waals surface area contributed by atoms with E-state index < -0.39 is 0 Å². The molecule has 3 rings (SSSR count). The minimum atomic E-state index is -0.185. The third-order valence-electron chi connectivity index (χ3n) is 4.36. The van der Waals surface area contributed by atoms with Crippen molar-refractivity contribution in [3.05, 3.63) is 47.3 Å². The first-order valence-corrected chi connectivity index (χ1v) is 8.11. The molecule has 22 heavy (non-hydrogen) atoms. The van der Waals surface area contributed by atoms with E-state index in [1.807, 2.05) is 12.1 Å².